The van der Waals surface area contributed by atoms with Crippen LogP contribution in [0.5, 0.6) is 11.5 Å². The molecule has 0 N–H and O–H groups in total. The molecule has 0 amide bonds. The standard InChI is InChI=1S/C10H8Br2O3/c1-4-9(13)7-8(12)6(14-2)3-5(11)10(7)15-4/h3-4H,1-2H3. The lowest BCUT2D eigenvalue weighted by molar-refractivity contribution is 0.0877. The van der Waals surface area contributed by atoms with E-state index in [1.807, 2.05) is 0 Å². The Morgan fingerprint density at radius 1 is 1.47 bits per heavy atom. The molecule has 0 radical (unpaired) electrons. The molecule has 1 atom stereocenters. The van der Waals surface area contributed by atoms with Crippen LogP contribution in [0.1, 0.15) is 17.3 Å². The number of halogens is 2. The van der Waals surface area contributed by atoms with Crippen molar-refractivity contribution in [1.82, 2.24) is 0 Å². The summed E-state index contributed by atoms with van der Waals surface area (Å²) in [5.41, 5.74) is 0.550. The topological polar surface area (TPSA) is 35.5 Å². The third-order valence-electron chi connectivity index (χ3n) is 2.27. The summed E-state index contributed by atoms with van der Waals surface area (Å²) in [7, 11) is 1.56. The number of benzene rings is 1. The predicted octanol–water partition coefficient (Wildman–Crippen LogP) is 3.18. The van der Waals surface area contributed by atoms with Crippen molar-refractivity contribution in [2.75, 3.05) is 7.11 Å². The predicted molar refractivity (Wildman–Crippen MR) is 62.8 cm³/mol. The van der Waals surface area contributed by atoms with E-state index in [0.717, 1.165) is 4.47 Å². The number of ketones is 1. The lowest BCUT2D eigenvalue weighted by Crippen LogP contribution is -2.15. The van der Waals surface area contributed by atoms with Gasteiger partial charge in [0, 0.05) is 0 Å². The lowest BCUT2D eigenvalue weighted by Gasteiger charge is -2.08. The first kappa shape index (κ1) is 11.0. The highest BCUT2D eigenvalue weighted by Crippen LogP contribution is 2.45. The molecule has 0 aromatic heterocycles. The van der Waals surface area contributed by atoms with Crippen molar-refractivity contribution in [1.29, 1.82) is 0 Å². The molecule has 0 saturated carbocycles. The number of fused-ring (bicyclic) bond motifs is 1. The average molecular weight is 336 g/mol. The van der Waals surface area contributed by atoms with E-state index in [2.05, 4.69) is 31.9 Å². The van der Waals surface area contributed by atoms with Gasteiger partial charge in [-0.25, -0.2) is 0 Å². The van der Waals surface area contributed by atoms with Crippen molar-refractivity contribution in [3.05, 3.63) is 20.6 Å². The average Bonchev–Trinajstić information content (AvgIpc) is 2.50. The molecule has 5 heteroatoms. The van der Waals surface area contributed by atoms with Crippen molar-refractivity contribution in [3.63, 3.8) is 0 Å². The fraction of sp³-hybridized carbons (Fsp3) is 0.300. The number of hydrogen-bond acceptors (Lipinski definition) is 3. The maximum Gasteiger partial charge on any atom is 0.208 e. The zero-order chi connectivity index (χ0) is 11.2. The van der Waals surface area contributed by atoms with Gasteiger partial charge in [-0.05, 0) is 44.8 Å². The number of hydrogen-bond donors (Lipinski definition) is 0. The molecule has 0 fully saturated rings. The fourth-order valence-corrected chi connectivity index (χ4v) is 2.66. The zero-order valence-corrected chi connectivity index (χ0v) is 11.3. The van der Waals surface area contributed by atoms with E-state index in [1.54, 1.807) is 20.1 Å². The SMILES string of the molecule is COc1cc(Br)c2c(c1Br)C(=O)C(C)O2. The number of carbonyl (C=O) groups is 1. The highest BCUT2D eigenvalue weighted by atomic mass is 79.9. The Morgan fingerprint density at radius 2 is 2.13 bits per heavy atom. The molecule has 0 spiro atoms. The van der Waals surface area contributed by atoms with Crippen molar-refractivity contribution in [2.24, 2.45) is 0 Å². The fourth-order valence-electron chi connectivity index (χ4n) is 1.50. The number of methoxy groups -OCH3 is 1. The molecule has 0 saturated heterocycles. The molecule has 1 aromatic carbocycles. The molecule has 0 bridgehead atoms. The minimum Gasteiger partial charge on any atom is -0.496 e. The molecule has 1 aromatic rings. The number of ether oxygens (including phenoxy) is 2. The maximum atomic E-state index is 11.8. The van der Waals surface area contributed by atoms with E-state index in [9.17, 15) is 4.79 Å². The van der Waals surface area contributed by atoms with Crippen LogP contribution in [0.25, 0.3) is 0 Å². The van der Waals surface area contributed by atoms with Crippen LogP contribution in [0.4, 0.5) is 0 Å². The molecule has 2 rings (SSSR count). The monoisotopic (exact) mass is 334 g/mol. The van der Waals surface area contributed by atoms with Crippen LogP contribution in [-0.2, 0) is 0 Å². The highest BCUT2D eigenvalue weighted by Gasteiger charge is 2.34. The molecule has 0 aliphatic carbocycles. The van der Waals surface area contributed by atoms with Crippen molar-refractivity contribution in [2.45, 2.75) is 13.0 Å². The summed E-state index contributed by atoms with van der Waals surface area (Å²) in [4.78, 5) is 11.8. The van der Waals surface area contributed by atoms with E-state index in [0.29, 0.717) is 21.5 Å². The van der Waals surface area contributed by atoms with Crippen molar-refractivity contribution >= 4 is 37.6 Å². The van der Waals surface area contributed by atoms with Crippen molar-refractivity contribution < 1.29 is 14.3 Å². The smallest absolute Gasteiger partial charge is 0.208 e. The maximum absolute atomic E-state index is 11.8. The highest BCUT2D eigenvalue weighted by molar-refractivity contribution is 9.11. The molecule has 1 unspecified atom stereocenters. The Morgan fingerprint density at radius 3 is 2.73 bits per heavy atom. The van der Waals surface area contributed by atoms with Gasteiger partial charge < -0.3 is 9.47 Å². The van der Waals surface area contributed by atoms with E-state index in [4.69, 9.17) is 9.47 Å². The van der Waals surface area contributed by atoms with E-state index in [1.165, 1.54) is 0 Å². The summed E-state index contributed by atoms with van der Waals surface area (Å²) in [5.74, 6) is 1.17. The van der Waals surface area contributed by atoms with E-state index >= 15 is 0 Å². The van der Waals surface area contributed by atoms with Crippen LogP contribution in [0.15, 0.2) is 15.0 Å². The van der Waals surface area contributed by atoms with Gasteiger partial charge in [0.1, 0.15) is 11.5 Å². The molecular formula is C10H8Br2O3. The van der Waals surface area contributed by atoms with Gasteiger partial charge in [-0.2, -0.15) is 0 Å². The molecule has 1 aliphatic rings. The van der Waals surface area contributed by atoms with Crippen LogP contribution in [0.3, 0.4) is 0 Å². The van der Waals surface area contributed by atoms with Gasteiger partial charge >= 0.3 is 0 Å². The third-order valence-corrected chi connectivity index (χ3v) is 3.64. The van der Waals surface area contributed by atoms with Crippen LogP contribution in [0.2, 0.25) is 0 Å². The molecule has 1 aliphatic heterocycles. The van der Waals surface area contributed by atoms with Crippen LogP contribution in [-0.4, -0.2) is 19.0 Å². The Bertz CT molecular complexity index is 443. The van der Waals surface area contributed by atoms with Gasteiger partial charge in [-0.3, -0.25) is 4.79 Å². The second-order valence-corrected chi connectivity index (χ2v) is 4.85. The van der Waals surface area contributed by atoms with E-state index < -0.39 is 6.10 Å². The number of carbonyl (C=O) groups excluding carboxylic acids is 1. The summed E-state index contributed by atoms with van der Waals surface area (Å²) in [5, 5.41) is 0. The third kappa shape index (κ3) is 1.58. The second kappa shape index (κ2) is 3.79. The summed E-state index contributed by atoms with van der Waals surface area (Å²) in [6.07, 6.45) is -0.431. The van der Waals surface area contributed by atoms with Crippen LogP contribution >= 0.6 is 31.9 Å². The van der Waals surface area contributed by atoms with Gasteiger partial charge in [0.2, 0.25) is 5.78 Å². The lowest BCUT2D eigenvalue weighted by atomic mass is 10.1. The second-order valence-electron chi connectivity index (χ2n) is 3.20. The van der Waals surface area contributed by atoms with Crippen molar-refractivity contribution in [3.8, 4) is 11.5 Å². The largest absolute Gasteiger partial charge is 0.496 e. The Hall–Kier alpha value is -0.550. The van der Waals surface area contributed by atoms with Gasteiger partial charge in [0.15, 0.2) is 6.10 Å². The minimum absolute atomic E-state index is 0.0310. The first-order valence-electron chi connectivity index (χ1n) is 4.33. The van der Waals surface area contributed by atoms with E-state index in [-0.39, 0.29) is 5.78 Å². The van der Waals surface area contributed by atoms with Gasteiger partial charge in [-0.15, -0.1) is 0 Å². The summed E-state index contributed by atoms with van der Waals surface area (Å²) in [6.45, 7) is 1.73. The number of rotatable bonds is 1. The summed E-state index contributed by atoms with van der Waals surface area (Å²) >= 11 is 6.70. The molecule has 3 nitrogen and oxygen atoms in total. The quantitative estimate of drug-likeness (QED) is 0.790. The first-order chi connectivity index (χ1) is 7.06. The Kier molecular flexibility index (Phi) is 2.77. The Balaban J connectivity index is 2.69. The Labute approximate surface area is 104 Å². The van der Waals surface area contributed by atoms with Gasteiger partial charge in [0.05, 0.1) is 21.6 Å². The normalized spacial score (nSPS) is 18.7. The van der Waals surface area contributed by atoms with Gasteiger partial charge in [0.25, 0.3) is 0 Å². The summed E-state index contributed by atoms with van der Waals surface area (Å²) in [6, 6.07) is 1.77. The first-order valence-corrected chi connectivity index (χ1v) is 5.91. The molecular weight excluding hydrogens is 328 g/mol. The minimum atomic E-state index is -0.431. The van der Waals surface area contributed by atoms with Crippen LogP contribution in [0, 0.1) is 0 Å². The summed E-state index contributed by atoms with van der Waals surface area (Å²) < 4.78 is 12.0. The molecule has 1 heterocycles. The number of Topliss-reactive ketones (excluding diaryl/α,β-unsaturated/α-hetero) is 1. The molecule has 80 valence electrons. The van der Waals surface area contributed by atoms with Gasteiger partial charge in [-0.1, -0.05) is 0 Å². The van der Waals surface area contributed by atoms with Crippen LogP contribution < -0.4 is 9.47 Å². The molecule has 15 heavy (non-hydrogen) atoms. The zero-order valence-electron chi connectivity index (χ0n) is 8.14.